The van der Waals surface area contributed by atoms with Crippen LogP contribution in [-0.2, 0) is 0 Å². The van der Waals surface area contributed by atoms with Crippen LogP contribution in [0.25, 0.3) is 0 Å². The van der Waals surface area contributed by atoms with Gasteiger partial charge in [0.15, 0.2) is 0 Å². The summed E-state index contributed by atoms with van der Waals surface area (Å²) in [6.45, 7) is 10.2. The molecule has 0 aliphatic heterocycles. The third kappa shape index (κ3) is 4.38. The van der Waals surface area contributed by atoms with Gasteiger partial charge in [-0.15, -0.1) is 0 Å². The first-order chi connectivity index (χ1) is 5.28. The minimum absolute atomic E-state index is 0.662. The molecule has 0 rings (SSSR count). The quantitative estimate of drug-likeness (QED) is 0.627. The Hall–Kier alpha value is -0.0800. The molecule has 0 heterocycles. The summed E-state index contributed by atoms with van der Waals surface area (Å²) in [4.78, 5) is 2.45. The van der Waals surface area contributed by atoms with E-state index in [1.807, 2.05) is 7.05 Å². The number of nitrogens with zero attached hydrogens (tertiary/aromatic N) is 1. The second-order valence-corrected chi connectivity index (χ2v) is 2.88. The molecule has 2 heteroatoms. The lowest BCUT2D eigenvalue weighted by atomic mass is 10.2. The molecule has 0 fully saturated rings. The summed E-state index contributed by atoms with van der Waals surface area (Å²) in [6, 6.07) is 0.662. The van der Waals surface area contributed by atoms with E-state index in [0.717, 1.165) is 13.1 Å². The summed E-state index contributed by atoms with van der Waals surface area (Å²) >= 11 is 0. The van der Waals surface area contributed by atoms with Crippen molar-refractivity contribution in [2.75, 3.05) is 26.7 Å². The normalized spacial score (nSPS) is 13.9. The highest BCUT2D eigenvalue weighted by Gasteiger charge is 2.06. The maximum Gasteiger partial charge on any atom is 0.0189 e. The number of likely N-dealkylation sites (N-methyl/N-ethyl adjacent to an activating group) is 2. The van der Waals surface area contributed by atoms with Gasteiger partial charge in [-0.3, -0.25) is 0 Å². The van der Waals surface area contributed by atoms with Crippen LogP contribution in [0, 0.1) is 0 Å². The largest absolute Gasteiger partial charge is 0.316 e. The Morgan fingerprint density at radius 1 is 1.18 bits per heavy atom. The van der Waals surface area contributed by atoms with Gasteiger partial charge < -0.3 is 10.2 Å². The number of hydrogen-bond acceptors (Lipinski definition) is 2. The van der Waals surface area contributed by atoms with E-state index in [-0.39, 0.29) is 0 Å². The summed E-state index contributed by atoms with van der Waals surface area (Å²) in [7, 11) is 2.04. The highest BCUT2D eigenvalue weighted by Crippen LogP contribution is 1.95. The molecule has 0 aliphatic carbocycles. The molecule has 0 amide bonds. The van der Waals surface area contributed by atoms with Gasteiger partial charge in [0.05, 0.1) is 0 Å². The van der Waals surface area contributed by atoms with Crippen molar-refractivity contribution in [3.63, 3.8) is 0 Å². The lowest BCUT2D eigenvalue weighted by molar-refractivity contribution is 0.266. The highest BCUT2D eigenvalue weighted by molar-refractivity contribution is 4.66. The molecule has 0 saturated carbocycles. The van der Waals surface area contributed by atoms with Crippen LogP contribution in [-0.4, -0.2) is 37.6 Å². The monoisotopic (exact) mass is 158 g/mol. The van der Waals surface area contributed by atoms with E-state index in [0.29, 0.717) is 6.04 Å². The maximum atomic E-state index is 3.31. The lowest BCUT2D eigenvalue weighted by Crippen LogP contribution is -2.38. The first-order valence-electron chi connectivity index (χ1n) is 4.68. The standard InChI is InChI=1S/C9H22N2/c1-5-9(10-4)8-11(6-2)7-3/h9-10H,5-8H2,1-4H3. The molecule has 2 nitrogen and oxygen atoms in total. The smallest absolute Gasteiger partial charge is 0.0189 e. The Morgan fingerprint density at radius 3 is 2.00 bits per heavy atom. The molecule has 1 unspecified atom stereocenters. The van der Waals surface area contributed by atoms with Crippen LogP contribution in [0.5, 0.6) is 0 Å². The van der Waals surface area contributed by atoms with Crippen molar-refractivity contribution in [3.8, 4) is 0 Å². The predicted octanol–water partition coefficient (Wildman–Crippen LogP) is 1.33. The molecule has 0 radical (unpaired) electrons. The highest BCUT2D eigenvalue weighted by atomic mass is 15.1. The number of hydrogen-bond donors (Lipinski definition) is 1. The molecule has 0 aliphatic rings. The molecule has 1 N–H and O–H groups in total. The molecule has 1 atom stereocenters. The van der Waals surface area contributed by atoms with Gasteiger partial charge in [0.25, 0.3) is 0 Å². The van der Waals surface area contributed by atoms with Gasteiger partial charge in [0, 0.05) is 12.6 Å². The lowest BCUT2D eigenvalue weighted by Gasteiger charge is -2.23. The van der Waals surface area contributed by atoms with Crippen LogP contribution < -0.4 is 5.32 Å². The van der Waals surface area contributed by atoms with Crippen LogP contribution in [0.3, 0.4) is 0 Å². The number of rotatable bonds is 6. The van der Waals surface area contributed by atoms with Crippen LogP contribution in [0.1, 0.15) is 27.2 Å². The van der Waals surface area contributed by atoms with E-state index in [9.17, 15) is 0 Å². The second kappa shape index (κ2) is 6.62. The zero-order chi connectivity index (χ0) is 8.69. The average Bonchev–Trinajstić information content (AvgIpc) is 2.07. The van der Waals surface area contributed by atoms with Gasteiger partial charge in [-0.1, -0.05) is 20.8 Å². The fraction of sp³-hybridized carbons (Fsp3) is 1.00. The third-order valence-corrected chi connectivity index (χ3v) is 2.27. The molecule has 0 bridgehead atoms. The summed E-state index contributed by atoms with van der Waals surface area (Å²) in [5.74, 6) is 0. The van der Waals surface area contributed by atoms with Crippen molar-refractivity contribution in [2.24, 2.45) is 0 Å². The van der Waals surface area contributed by atoms with Crippen molar-refractivity contribution >= 4 is 0 Å². The van der Waals surface area contributed by atoms with Gasteiger partial charge in [-0.25, -0.2) is 0 Å². The Bertz CT molecular complexity index is 65.6. The topological polar surface area (TPSA) is 15.3 Å². The zero-order valence-electron chi connectivity index (χ0n) is 8.35. The molecule has 68 valence electrons. The van der Waals surface area contributed by atoms with E-state index in [4.69, 9.17) is 0 Å². The minimum atomic E-state index is 0.662. The van der Waals surface area contributed by atoms with E-state index in [1.54, 1.807) is 0 Å². The molecule has 11 heavy (non-hydrogen) atoms. The Labute approximate surface area is 71.0 Å². The summed E-state index contributed by atoms with van der Waals surface area (Å²) in [5, 5.41) is 3.31. The van der Waals surface area contributed by atoms with Gasteiger partial charge in [-0.2, -0.15) is 0 Å². The second-order valence-electron chi connectivity index (χ2n) is 2.88. The van der Waals surface area contributed by atoms with Crippen LogP contribution in [0.4, 0.5) is 0 Å². The van der Waals surface area contributed by atoms with Crippen LogP contribution in [0.15, 0.2) is 0 Å². The number of nitrogens with one attached hydrogen (secondary N) is 1. The van der Waals surface area contributed by atoms with Crippen molar-refractivity contribution < 1.29 is 0 Å². The first-order valence-corrected chi connectivity index (χ1v) is 4.68. The fourth-order valence-corrected chi connectivity index (χ4v) is 1.22. The van der Waals surface area contributed by atoms with E-state index < -0.39 is 0 Å². The average molecular weight is 158 g/mol. The Kier molecular flexibility index (Phi) is 6.57. The van der Waals surface area contributed by atoms with Gasteiger partial charge in [0.1, 0.15) is 0 Å². The summed E-state index contributed by atoms with van der Waals surface area (Å²) in [5.41, 5.74) is 0. The van der Waals surface area contributed by atoms with E-state index in [2.05, 4.69) is 31.0 Å². The third-order valence-electron chi connectivity index (χ3n) is 2.27. The predicted molar refractivity (Wildman–Crippen MR) is 50.9 cm³/mol. The molecule has 0 aromatic rings. The molecule has 0 aromatic carbocycles. The van der Waals surface area contributed by atoms with Crippen molar-refractivity contribution in [1.29, 1.82) is 0 Å². The minimum Gasteiger partial charge on any atom is -0.316 e. The fourth-order valence-electron chi connectivity index (χ4n) is 1.22. The Morgan fingerprint density at radius 2 is 1.73 bits per heavy atom. The van der Waals surface area contributed by atoms with Gasteiger partial charge >= 0.3 is 0 Å². The zero-order valence-corrected chi connectivity index (χ0v) is 8.35. The van der Waals surface area contributed by atoms with Crippen molar-refractivity contribution in [3.05, 3.63) is 0 Å². The summed E-state index contributed by atoms with van der Waals surface area (Å²) < 4.78 is 0. The van der Waals surface area contributed by atoms with Crippen LogP contribution >= 0.6 is 0 Å². The van der Waals surface area contributed by atoms with E-state index >= 15 is 0 Å². The Balaban J connectivity index is 3.58. The molecule has 0 saturated heterocycles. The SMILES string of the molecule is CCC(CN(CC)CC)NC. The van der Waals surface area contributed by atoms with Crippen LogP contribution in [0.2, 0.25) is 0 Å². The molecular weight excluding hydrogens is 136 g/mol. The molecular formula is C9H22N2. The molecule has 0 aromatic heterocycles. The van der Waals surface area contributed by atoms with Gasteiger partial charge in [0.2, 0.25) is 0 Å². The van der Waals surface area contributed by atoms with Crippen molar-refractivity contribution in [1.82, 2.24) is 10.2 Å². The first kappa shape index (κ1) is 10.9. The summed E-state index contributed by atoms with van der Waals surface area (Å²) in [6.07, 6.45) is 1.22. The van der Waals surface area contributed by atoms with Gasteiger partial charge in [-0.05, 0) is 26.6 Å². The maximum absolute atomic E-state index is 3.31. The van der Waals surface area contributed by atoms with E-state index in [1.165, 1.54) is 13.0 Å². The van der Waals surface area contributed by atoms with Crippen molar-refractivity contribution in [2.45, 2.75) is 33.2 Å². The molecule has 0 spiro atoms.